The lowest BCUT2D eigenvalue weighted by Gasteiger charge is -2.19. The van der Waals surface area contributed by atoms with E-state index in [1.165, 1.54) is 42.1 Å². The second-order valence-corrected chi connectivity index (χ2v) is 6.58. The van der Waals surface area contributed by atoms with Gasteiger partial charge in [-0.05, 0) is 55.1 Å². The fourth-order valence-electron chi connectivity index (χ4n) is 3.68. The number of nitrogens with one attached hydrogen (secondary N) is 2. The first-order valence-corrected chi connectivity index (χ1v) is 8.91. The molecule has 0 amide bonds. The molecule has 1 aliphatic rings. The molecule has 0 aliphatic carbocycles. The van der Waals surface area contributed by atoms with Gasteiger partial charge in [0.15, 0.2) is 0 Å². The maximum atomic E-state index is 3.96. The van der Waals surface area contributed by atoms with E-state index < -0.39 is 0 Å². The average Bonchev–Trinajstić information content (AvgIpc) is 3.11. The summed E-state index contributed by atoms with van der Waals surface area (Å²) < 4.78 is 0. The molecule has 2 aromatic rings. The Balaban J connectivity index is 1.64. The Morgan fingerprint density at radius 2 is 2.09 bits per heavy atom. The molecular formula is C21H28N2. The van der Waals surface area contributed by atoms with Crippen LogP contribution in [-0.2, 0) is 0 Å². The maximum absolute atomic E-state index is 3.96. The van der Waals surface area contributed by atoms with Gasteiger partial charge in [0.05, 0.1) is 0 Å². The molecule has 2 aromatic carbocycles. The van der Waals surface area contributed by atoms with Gasteiger partial charge in [0.25, 0.3) is 0 Å². The van der Waals surface area contributed by atoms with Crippen LogP contribution in [0.2, 0.25) is 0 Å². The van der Waals surface area contributed by atoms with Crippen LogP contribution in [0.4, 0.5) is 0 Å². The van der Waals surface area contributed by atoms with E-state index in [1.807, 2.05) is 6.08 Å². The number of fused-ring (bicyclic) bond motifs is 1. The summed E-state index contributed by atoms with van der Waals surface area (Å²) in [6.45, 7) is 7.27. The molecule has 1 fully saturated rings. The highest BCUT2D eigenvalue weighted by Gasteiger charge is 2.15. The van der Waals surface area contributed by atoms with Gasteiger partial charge in [0.2, 0.25) is 0 Å². The fourth-order valence-corrected chi connectivity index (χ4v) is 3.68. The van der Waals surface area contributed by atoms with E-state index in [0.29, 0.717) is 5.92 Å². The number of benzene rings is 2. The predicted octanol–water partition coefficient (Wildman–Crippen LogP) is 4.23. The summed E-state index contributed by atoms with van der Waals surface area (Å²) in [6, 6.07) is 16.1. The topological polar surface area (TPSA) is 24.1 Å². The van der Waals surface area contributed by atoms with Gasteiger partial charge in [-0.3, -0.25) is 0 Å². The lowest BCUT2D eigenvalue weighted by Crippen LogP contribution is -2.29. The standard InChI is InChI=1S/C21H28N2/c1-2-7-18(16-22-15-13-19-10-6-14-23-19)21-12-5-9-17-8-3-4-11-20(17)21/h2-5,8-9,11-12,18-19,22-23H,1,6-7,10,13-16H2. The van der Waals surface area contributed by atoms with E-state index in [0.717, 1.165) is 25.6 Å². The molecular weight excluding hydrogens is 280 g/mol. The maximum Gasteiger partial charge on any atom is 0.00796 e. The second kappa shape index (κ2) is 8.28. The molecule has 0 radical (unpaired) electrons. The first-order valence-electron chi connectivity index (χ1n) is 8.91. The highest BCUT2D eigenvalue weighted by Crippen LogP contribution is 2.27. The van der Waals surface area contributed by atoms with Gasteiger partial charge >= 0.3 is 0 Å². The van der Waals surface area contributed by atoms with Gasteiger partial charge in [0, 0.05) is 18.5 Å². The van der Waals surface area contributed by atoms with Crippen LogP contribution in [0.15, 0.2) is 55.1 Å². The molecule has 1 aliphatic heterocycles. The Morgan fingerprint density at radius 1 is 1.22 bits per heavy atom. The quantitative estimate of drug-likeness (QED) is 0.563. The third-order valence-electron chi connectivity index (χ3n) is 4.94. The Hall–Kier alpha value is -1.64. The van der Waals surface area contributed by atoms with Gasteiger partial charge in [0.1, 0.15) is 0 Å². The van der Waals surface area contributed by atoms with E-state index in [-0.39, 0.29) is 0 Å². The first-order chi connectivity index (χ1) is 11.4. The van der Waals surface area contributed by atoms with Crippen molar-refractivity contribution in [3.05, 3.63) is 60.7 Å². The third kappa shape index (κ3) is 4.21. The van der Waals surface area contributed by atoms with Crippen LogP contribution in [0.1, 0.15) is 37.2 Å². The van der Waals surface area contributed by atoms with Crippen molar-refractivity contribution in [1.82, 2.24) is 10.6 Å². The van der Waals surface area contributed by atoms with Crippen molar-refractivity contribution in [1.29, 1.82) is 0 Å². The highest BCUT2D eigenvalue weighted by atomic mass is 14.9. The average molecular weight is 308 g/mol. The van der Waals surface area contributed by atoms with Gasteiger partial charge < -0.3 is 10.6 Å². The van der Waals surface area contributed by atoms with Gasteiger partial charge in [-0.2, -0.15) is 0 Å². The van der Waals surface area contributed by atoms with Crippen molar-refractivity contribution < 1.29 is 0 Å². The minimum Gasteiger partial charge on any atom is -0.316 e. The van der Waals surface area contributed by atoms with Crippen LogP contribution in [0, 0.1) is 0 Å². The summed E-state index contributed by atoms with van der Waals surface area (Å²) in [6.07, 6.45) is 6.96. The Kier molecular flexibility index (Phi) is 5.84. The van der Waals surface area contributed by atoms with Crippen molar-refractivity contribution in [3.63, 3.8) is 0 Å². The lowest BCUT2D eigenvalue weighted by molar-refractivity contribution is 0.506. The molecule has 2 atom stereocenters. The minimum atomic E-state index is 0.495. The number of hydrogen-bond donors (Lipinski definition) is 2. The van der Waals surface area contributed by atoms with Crippen molar-refractivity contribution in [2.75, 3.05) is 19.6 Å². The molecule has 1 saturated heterocycles. The van der Waals surface area contributed by atoms with Crippen LogP contribution in [0.25, 0.3) is 10.8 Å². The van der Waals surface area contributed by atoms with E-state index in [4.69, 9.17) is 0 Å². The number of hydrogen-bond acceptors (Lipinski definition) is 2. The molecule has 0 aromatic heterocycles. The molecule has 2 heteroatoms. The summed E-state index contributed by atoms with van der Waals surface area (Å²) in [5.41, 5.74) is 1.44. The van der Waals surface area contributed by atoms with Crippen molar-refractivity contribution >= 4 is 10.8 Å². The molecule has 3 rings (SSSR count). The molecule has 0 spiro atoms. The Labute approximate surface area is 140 Å². The van der Waals surface area contributed by atoms with Crippen molar-refractivity contribution in [2.24, 2.45) is 0 Å². The van der Waals surface area contributed by atoms with E-state index in [2.05, 4.69) is 59.7 Å². The summed E-state index contributed by atoms with van der Waals surface area (Å²) in [5.74, 6) is 0.495. The van der Waals surface area contributed by atoms with Crippen LogP contribution >= 0.6 is 0 Å². The lowest BCUT2D eigenvalue weighted by atomic mass is 9.91. The van der Waals surface area contributed by atoms with Crippen LogP contribution in [0.3, 0.4) is 0 Å². The molecule has 23 heavy (non-hydrogen) atoms. The molecule has 0 bridgehead atoms. The van der Waals surface area contributed by atoms with Crippen molar-refractivity contribution in [2.45, 2.75) is 37.6 Å². The van der Waals surface area contributed by atoms with E-state index >= 15 is 0 Å². The van der Waals surface area contributed by atoms with Gasteiger partial charge in [-0.1, -0.05) is 48.5 Å². The molecule has 122 valence electrons. The predicted molar refractivity (Wildman–Crippen MR) is 100 cm³/mol. The van der Waals surface area contributed by atoms with E-state index in [1.54, 1.807) is 0 Å². The van der Waals surface area contributed by atoms with Crippen molar-refractivity contribution in [3.8, 4) is 0 Å². The van der Waals surface area contributed by atoms with E-state index in [9.17, 15) is 0 Å². The van der Waals surface area contributed by atoms with Crippen LogP contribution in [-0.4, -0.2) is 25.7 Å². The third-order valence-corrected chi connectivity index (χ3v) is 4.94. The monoisotopic (exact) mass is 308 g/mol. The normalized spacial score (nSPS) is 19.0. The first kappa shape index (κ1) is 16.2. The number of rotatable bonds is 8. The summed E-state index contributed by atoms with van der Waals surface area (Å²) in [7, 11) is 0. The van der Waals surface area contributed by atoms with Crippen LogP contribution in [0.5, 0.6) is 0 Å². The second-order valence-electron chi connectivity index (χ2n) is 6.58. The number of allylic oxidation sites excluding steroid dienone is 1. The molecule has 2 N–H and O–H groups in total. The molecule has 2 unspecified atom stereocenters. The fraction of sp³-hybridized carbons (Fsp3) is 0.429. The zero-order valence-corrected chi connectivity index (χ0v) is 13.9. The molecule has 1 heterocycles. The zero-order chi connectivity index (χ0) is 15.9. The Morgan fingerprint density at radius 3 is 2.91 bits per heavy atom. The Bertz CT molecular complexity index is 623. The smallest absolute Gasteiger partial charge is 0.00796 e. The highest BCUT2D eigenvalue weighted by molar-refractivity contribution is 5.86. The van der Waals surface area contributed by atoms with Gasteiger partial charge in [-0.15, -0.1) is 6.58 Å². The summed E-state index contributed by atoms with van der Waals surface area (Å²) in [4.78, 5) is 0. The minimum absolute atomic E-state index is 0.495. The zero-order valence-electron chi connectivity index (χ0n) is 13.9. The largest absolute Gasteiger partial charge is 0.316 e. The van der Waals surface area contributed by atoms with Crippen LogP contribution < -0.4 is 10.6 Å². The summed E-state index contributed by atoms with van der Waals surface area (Å²) in [5, 5.41) is 9.95. The van der Waals surface area contributed by atoms with Gasteiger partial charge in [-0.25, -0.2) is 0 Å². The molecule has 2 nitrogen and oxygen atoms in total. The summed E-state index contributed by atoms with van der Waals surface area (Å²) >= 11 is 0. The SMILES string of the molecule is C=CCC(CNCCC1CCCN1)c1cccc2ccccc12. The molecule has 0 saturated carbocycles.